The van der Waals surface area contributed by atoms with Gasteiger partial charge in [0.25, 0.3) is 0 Å². The van der Waals surface area contributed by atoms with Gasteiger partial charge in [-0.2, -0.15) is 0 Å². The number of halogens is 1. The Morgan fingerprint density at radius 1 is 1.35 bits per heavy atom. The molecule has 2 amide bonds. The van der Waals surface area contributed by atoms with E-state index in [1.807, 2.05) is 6.07 Å². The fraction of sp³-hybridized carbons (Fsp3) is 0.526. The summed E-state index contributed by atoms with van der Waals surface area (Å²) in [5.41, 5.74) is 0.808. The number of benzene rings is 1. The van der Waals surface area contributed by atoms with Crippen LogP contribution in [0.2, 0.25) is 5.02 Å². The normalized spacial score (nSPS) is 16.9. The van der Waals surface area contributed by atoms with Crippen molar-refractivity contribution in [1.82, 2.24) is 9.80 Å². The first-order chi connectivity index (χ1) is 12.4. The summed E-state index contributed by atoms with van der Waals surface area (Å²) in [6.45, 7) is 3.06. The molecule has 0 radical (unpaired) electrons. The largest absolute Gasteiger partial charge is 0.466 e. The van der Waals surface area contributed by atoms with Gasteiger partial charge in [0.15, 0.2) is 0 Å². The topological polar surface area (TPSA) is 66.9 Å². The van der Waals surface area contributed by atoms with Crippen molar-refractivity contribution >= 4 is 29.4 Å². The van der Waals surface area contributed by atoms with Crippen LogP contribution >= 0.6 is 11.6 Å². The van der Waals surface area contributed by atoms with Gasteiger partial charge in [-0.3, -0.25) is 14.4 Å². The highest BCUT2D eigenvalue weighted by atomic mass is 35.5. The summed E-state index contributed by atoms with van der Waals surface area (Å²) in [7, 11) is 1.61. The van der Waals surface area contributed by atoms with E-state index in [1.54, 1.807) is 37.1 Å². The van der Waals surface area contributed by atoms with Crippen LogP contribution in [0.1, 0.15) is 25.3 Å². The van der Waals surface area contributed by atoms with Crippen molar-refractivity contribution in [3.63, 3.8) is 0 Å². The molecule has 1 aliphatic heterocycles. The van der Waals surface area contributed by atoms with E-state index in [4.69, 9.17) is 16.3 Å². The minimum Gasteiger partial charge on any atom is -0.466 e. The Morgan fingerprint density at radius 3 is 2.81 bits per heavy atom. The van der Waals surface area contributed by atoms with Gasteiger partial charge in [-0.05, 0) is 37.5 Å². The number of hydrogen-bond donors (Lipinski definition) is 0. The first-order valence-electron chi connectivity index (χ1n) is 8.83. The number of ether oxygens (including phenoxy) is 1. The molecule has 1 unspecified atom stereocenters. The smallest absolute Gasteiger partial charge is 0.310 e. The second-order valence-electron chi connectivity index (χ2n) is 6.49. The molecule has 1 atom stereocenters. The Morgan fingerprint density at radius 2 is 2.12 bits per heavy atom. The molecule has 0 aromatic heterocycles. The molecule has 1 aromatic rings. The molecular formula is C19H25ClN2O4. The van der Waals surface area contributed by atoms with E-state index in [2.05, 4.69) is 0 Å². The van der Waals surface area contributed by atoms with Gasteiger partial charge in [0.2, 0.25) is 11.8 Å². The molecule has 1 saturated heterocycles. The van der Waals surface area contributed by atoms with Crippen LogP contribution in [0.15, 0.2) is 24.3 Å². The lowest BCUT2D eigenvalue weighted by Gasteiger charge is -2.32. The van der Waals surface area contributed by atoms with Crippen LogP contribution in [0.25, 0.3) is 0 Å². The zero-order chi connectivity index (χ0) is 19.1. The van der Waals surface area contributed by atoms with Gasteiger partial charge >= 0.3 is 5.97 Å². The Hall–Kier alpha value is -2.08. The number of carbonyl (C=O) groups is 3. The van der Waals surface area contributed by atoms with Gasteiger partial charge in [-0.1, -0.05) is 23.7 Å². The molecule has 0 spiro atoms. The lowest BCUT2D eigenvalue weighted by atomic mass is 9.98. The SMILES string of the molecule is CCOC(=O)C1CCCN(C(=O)CN(C)C(=O)Cc2cccc(Cl)c2)C1. The third-order valence-corrected chi connectivity index (χ3v) is 4.67. The standard InChI is InChI=1S/C19H25ClN2O4/c1-3-26-19(25)15-7-5-9-22(12-15)18(24)13-21(2)17(23)11-14-6-4-8-16(20)10-14/h4,6,8,10,15H,3,5,7,9,11-13H2,1-2H3. The maximum absolute atomic E-state index is 12.5. The third-order valence-electron chi connectivity index (χ3n) is 4.44. The maximum Gasteiger partial charge on any atom is 0.310 e. The van der Waals surface area contributed by atoms with Crippen LogP contribution in [0, 0.1) is 5.92 Å². The van der Waals surface area contributed by atoms with Crippen molar-refractivity contribution in [3.05, 3.63) is 34.9 Å². The number of rotatable bonds is 6. The van der Waals surface area contributed by atoms with Gasteiger partial charge in [-0.15, -0.1) is 0 Å². The van der Waals surface area contributed by atoms with E-state index in [0.29, 0.717) is 24.7 Å². The molecule has 2 rings (SSSR count). The number of likely N-dealkylation sites (tertiary alicyclic amines) is 1. The number of likely N-dealkylation sites (N-methyl/N-ethyl adjacent to an activating group) is 1. The summed E-state index contributed by atoms with van der Waals surface area (Å²) in [5.74, 6) is -0.837. The average Bonchev–Trinajstić information content (AvgIpc) is 2.62. The molecule has 26 heavy (non-hydrogen) atoms. The minimum atomic E-state index is -0.278. The summed E-state index contributed by atoms with van der Waals surface area (Å²) >= 11 is 5.93. The van der Waals surface area contributed by atoms with E-state index in [1.165, 1.54) is 4.90 Å². The highest BCUT2D eigenvalue weighted by Gasteiger charge is 2.30. The molecule has 142 valence electrons. The number of carbonyl (C=O) groups excluding carboxylic acids is 3. The third kappa shape index (κ3) is 5.73. The average molecular weight is 381 g/mol. The number of piperidine rings is 1. The monoisotopic (exact) mass is 380 g/mol. The fourth-order valence-electron chi connectivity index (χ4n) is 3.00. The molecule has 7 heteroatoms. The number of nitrogens with zero attached hydrogens (tertiary/aromatic N) is 2. The Bertz CT molecular complexity index is 665. The first-order valence-corrected chi connectivity index (χ1v) is 9.21. The van der Waals surface area contributed by atoms with Gasteiger partial charge in [0, 0.05) is 25.2 Å². The number of esters is 1. The van der Waals surface area contributed by atoms with Crippen molar-refractivity contribution < 1.29 is 19.1 Å². The lowest BCUT2D eigenvalue weighted by Crippen LogP contribution is -2.47. The summed E-state index contributed by atoms with van der Waals surface area (Å²) in [5, 5.41) is 0.576. The van der Waals surface area contributed by atoms with Crippen LogP contribution in [0.4, 0.5) is 0 Å². The zero-order valence-corrected chi connectivity index (χ0v) is 16.0. The van der Waals surface area contributed by atoms with E-state index >= 15 is 0 Å². The Kier molecular flexibility index (Phi) is 7.45. The van der Waals surface area contributed by atoms with E-state index in [0.717, 1.165) is 18.4 Å². The highest BCUT2D eigenvalue weighted by molar-refractivity contribution is 6.30. The van der Waals surface area contributed by atoms with Gasteiger partial charge in [0.1, 0.15) is 0 Å². The van der Waals surface area contributed by atoms with E-state index in [-0.39, 0.29) is 36.7 Å². The fourth-order valence-corrected chi connectivity index (χ4v) is 3.22. The second kappa shape index (κ2) is 9.57. The number of hydrogen-bond acceptors (Lipinski definition) is 4. The quantitative estimate of drug-likeness (QED) is 0.709. The van der Waals surface area contributed by atoms with Crippen LogP contribution in [-0.4, -0.2) is 60.9 Å². The molecule has 0 aliphatic carbocycles. The maximum atomic E-state index is 12.5. The van der Waals surface area contributed by atoms with Crippen LogP contribution in [-0.2, 0) is 25.5 Å². The Labute approximate surface area is 159 Å². The molecule has 1 aromatic carbocycles. The van der Waals surface area contributed by atoms with Gasteiger partial charge in [-0.25, -0.2) is 0 Å². The first kappa shape index (κ1) is 20.2. The molecule has 0 N–H and O–H groups in total. The molecule has 6 nitrogen and oxygen atoms in total. The molecule has 0 saturated carbocycles. The van der Waals surface area contributed by atoms with Gasteiger partial charge in [0.05, 0.1) is 25.5 Å². The van der Waals surface area contributed by atoms with Crippen LogP contribution in [0.3, 0.4) is 0 Å². The lowest BCUT2D eigenvalue weighted by molar-refractivity contribution is -0.152. The summed E-state index contributed by atoms with van der Waals surface area (Å²) in [6.07, 6.45) is 1.68. The molecule has 1 aliphatic rings. The summed E-state index contributed by atoms with van der Waals surface area (Å²) in [6, 6.07) is 7.11. The predicted molar refractivity (Wildman–Crippen MR) is 98.7 cm³/mol. The number of amides is 2. The highest BCUT2D eigenvalue weighted by Crippen LogP contribution is 2.18. The second-order valence-corrected chi connectivity index (χ2v) is 6.92. The predicted octanol–water partition coefficient (Wildman–Crippen LogP) is 2.14. The van der Waals surface area contributed by atoms with Crippen LogP contribution in [0.5, 0.6) is 0 Å². The van der Waals surface area contributed by atoms with Crippen LogP contribution < -0.4 is 0 Å². The van der Waals surface area contributed by atoms with Crippen molar-refractivity contribution in [2.75, 3.05) is 33.3 Å². The molecular weight excluding hydrogens is 356 g/mol. The van der Waals surface area contributed by atoms with Gasteiger partial charge < -0.3 is 14.5 Å². The Balaban J connectivity index is 1.87. The van der Waals surface area contributed by atoms with Crippen molar-refractivity contribution in [1.29, 1.82) is 0 Å². The molecule has 1 heterocycles. The van der Waals surface area contributed by atoms with Crippen molar-refractivity contribution in [2.45, 2.75) is 26.2 Å². The zero-order valence-electron chi connectivity index (χ0n) is 15.2. The summed E-state index contributed by atoms with van der Waals surface area (Å²) in [4.78, 5) is 39.8. The van der Waals surface area contributed by atoms with Crippen molar-refractivity contribution in [3.8, 4) is 0 Å². The molecule has 0 bridgehead atoms. The summed E-state index contributed by atoms with van der Waals surface area (Å²) < 4.78 is 5.05. The molecule has 1 fully saturated rings. The van der Waals surface area contributed by atoms with E-state index < -0.39 is 0 Å². The van der Waals surface area contributed by atoms with Crippen molar-refractivity contribution in [2.24, 2.45) is 5.92 Å². The minimum absolute atomic E-state index is 0.00502. The van der Waals surface area contributed by atoms with E-state index in [9.17, 15) is 14.4 Å².